The summed E-state index contributed by atoms with van der Waals surface area (Å²) >= 11 is 3.15. The van der Waals surface area contributed by atoms with Crippen LogP contribution in [-0.4, -0.2) is 25.4 Å². The van der Waals surface area contributed by atoms with Gasteiger partial charge in [-0.25, -0.2) is 0 Å². The van der Waals surface area contributed by atoms with E-state index in [0.717, 1.165) is 0 Å². The van der Waals surface area contributed by atoms with E-state index in [1.54, 1.807) is 30.8 Å². The van der Waals surface area contributed by atoms with Gasteiger partial charge in [0.25, 0.3) is 5.69 Å². The Balaban J connectivity index is 2.49. The second kappa shape index (κ2) is 4.33. The van der Waals surface area contributed by atoms with Gasteiger partial charge in [-0.2, -0.15) is 5.10 Å². The Morgan fingerprint density at radius 2 is 2.22 bits per heavy atom. The molecule has 0 spiro atoms. The molecule has 0 amide bonds. The molecule has 0 unspecified atom stereocenters. The predicted molar refractivity (Wildman–Crippen MR) is 70.4 cm³/mol. The van der Waals surface area contributed by atoms with E-state index in [9.17, 15) is 15.2 Å². The smallest absolute Gasteiger partial charge is 0.284 e. The quantitative estimate of drug-likeness (QED) is 0.697. The highest BCUT2D eigenvalue weighted by Gasteiger charge is 2.17. The summed E-state index contributed by atoms with van der Waals surface area (Å²) in [5.41, 5.74) is -0.229. The molecule has 0 aliphatic rings. The molecule has 18 heavy (non-hydrogen) atoms. The van der Waals surface area contributed by atoms with Gasteiger partial charge in [0.1, 0.15) is 0 Å². The number of hydrogen-bond donors (Lipinski definition) is 1. The third-order valence-electron chi connectivity index (χ3n) is 2.37. The van der Waals surface area contributed by atoms with Crippen molar-refractivity contribution >= 4 is 32.5 Å². The number of nitro benzene ring substituents is 1. The number of rotatable bonds is 3. The topological polar surface area (TPSA) is 81.2 Å². The van der Waals surface area contributed by atoms with E-state index in [-0.39, 0.29) is 5.69 Å². The molecule has 0 bridgehead atoms. The van der Waals surface area contributed by atoms with Crippen molar-refractivity contribution in [3.63, 3.8) is 0 Å². The molecule has 1 heterocycles. The summed E-state index contributed by atoms with van der Waals surface area (Å²) in [5, 5.41) is 25.5. The van der Waals surface area contributed by atoms with Crippen LogP contribution in [0.4, 0.5) is 5.69 Å². The number of hydrogen-bond acceptors (Lipinski definition) is 4. The summed E-state index contributed by atoms with van der Waals surface area (Å²) in [5.74, 6) is 0. The normalized spacial score (nSPS) is 12.0. The van der Waals surface area contributed by atoms with Crippen molar-refractivity contribution in [1.82, 2.24) is 9.78 Å². The summed E-state index contributed by atoms with van der Waals surface area (Å²) in [4.78, 5) is 10.4. The lowest BCUT2D eigenvalue weighted by Gasteiger charge is -2.16. The minimum atomic E-state index is -0.884. The molecule has 1 N–H and O–H groups in total. The van der Waals surface area contributed by atoms with Gasteiger partial charge in [-0.05, 0) is 35.8 Å². The summed E-state index contributed by atoms with van der Waals surface area (Å²) in [6, 6.07) is 3.07. The lowest BCUT2D eigenvalue weighted by atomic mass is 10.1. The Bertz CT molecular complexity index is 616. The third kappa shape index (κ3) is 2.68. The number of aromatic nitrogens is 2. The van der Waals surface area contributed by atoms with Crippen molar-refractivity contribution < 1.29 is 10.0 Å². The van der Waals surface area contributed by atoms with Crippen LogP contribution < -0.4 is 0 Å². The molecule has 7 heteroatoms. The number of nitrogens with zero attached hydrogens (tertiary/aromatic N) is 3. The third-order valence-corrected chi connectivity index (χ3v) is 3.00. The molecule has 0 saturated carbocycles. The van der Waals surface area contributed by atoms with Crippen LogP contribution in [0.2, 0.25) is 0 Å². The SMILES string of the molecule is CC(C)(O)Cn1cc2cc([N+](=O)[O-])c(Br)cc2n1. The fraction of sp³-hybridized carbons (Fsp3) is 0.364. The maximum Gasteiger partial charge on any atom is 0.284 e. The highest BCUT2D eigenvalue weighted by Crippen LogP contribution is 2.29. The van der Waals surface area contributed by atoms with Gasteiger partial charge in [-0.3, -0.25) is 14.8 Å². The monoisotopic (exact) mass is 313 g/mol. The molecule has 0 saturated heterocycles. The van der Waals surface area contributed by atoms with Crippen LogP contribution in [-0.2, 0) is 6.54 Å². The highest BCUT2D eigenvalue weighted by atomic mass is 79.9. The molecule has 0 atom stereocenters. The minimum Gasteiger partial charge on any atom is -0.389 e. The van der Waals surface area contributed by atoms with Crippen LogP contribution in [0, 0.1) is 10.1 Å². The van der Waals surface area contributed by atoms with Crippen LogP contribution in [0.25, 0.3) is 10.9 Å². The van der Waals surface area contributed by atoms with Gasteiger partial charge in [-0.15, -0.1) is 0 Å². The van der Waals surface area contributed by atoms with E-state index in [2.05, 4.69) is 21.0 Å². The summed E-state index contributed by atoms with van der Waals surface area (Å²) < 4.78 is 1.98. The first-order chi connectivity index (χ1) is 8.26. The molecule has 0 aliphatic carbocycles. The van der Waals surface area contributed by atoms with Crippen molar-refractivity contribution in [1.29, 1.82) is 0 Å². The van der Waals surface area contributed by atoms with Crippen LogP contribution in [0.3, 0.4) is 0 Å². The van der Waals surface area contributed by atoms with Crippen LogP contribution in [0.15, 0.2) is 22.8 Å². The molecule has 2 rings (SSSR count). The summed E-state index contributed by atoms with van der Waals surface area (Å²) in [6.07, 6.45) is 1.69. The molecule has 0 aliphatic heterocycles. The number of nitro groups is 1. The average molecular weight is 314 g/mol. The van der Waals surface area contributed by atoms with E-state index in [1.165, 1.54) is 6.07 Å². The van der Waals surface area contributed by atoms with Crippen molar-refractivity contribution in [2.75, 3.05) is 0 Å². The van der Waals surface area contributed by atoms with E-state index in [1.807, 2.05) is 0 Å². The first-order valence-corrected chi connectivity index (χ1v) is 6.09. The first kappa shape index (κ1) is 13.0. The van der Waals surface area contributed by atoms with Crippen LogP contribution in [0.5, 0.6) is 0 Å². The standard InChI is InChI=1S/C11H12BrN3O3/c1-11(2,16)6-14-5-7-3-10(15(17)18)8(12)4-9(7)13-14/h3-5,16H,6H2,1-2H3. The van der Waals surface area contributed by atoms with E-state index in [4.69, 9.17) is 0 Å². The largest absolute Gasteiger partial charge is 0.389 e. The highest BCUT2D eigenvalue weighted by molar-refractivity contribution is 9.10. The van der Waals surface area contributed by atoms with Gasteiger partial charge in [0, 0.05) is 17.6 Å². The zero-order valence-electron chi connectivity index (χ0n) is 9.92. The van der Waals surface area contributed by atoms with Gasteiger partial charge < -0.3 is 5.11 Å². The Morgan fingerprint density at radius 1 is 1.56 bits per heavy atom. The molecule has 6 nitrogen and oxygen atoms in total. The zero-order chi connectivity index (χ0) is 13.5. The fourth-order valence-electron chi connectivity index (χ4n) is 1.70. The minimum absolute atomic E-state index is 0.00492. The summed E-state index contributed by atoms with van der Waals surface area (Å²) in [6.45, 7) is 3.68. The first-order valence-electron chi connectivity index (χ1n) is 5.30. The maximum absolute atomic E-state index is 10.8. The van der Waals surface area contributed by atoms with Crippen LogP contribution >= 0.6 is 15.9 Å². The molecule has 1 aromatic carbocycles. The van der Waals surface area contributed by atoms with Gasteiger partial charge in [0.15, 0.2) is 0 Å². The van der Waals surface area contributed by atoms with Gasteiger partial charge >= 0.3 is 0 Å². The lowest BCUT2D eigenvalue weighted by Crippen LogP contribution is -2.26. The maximum atomic E-state index is 10.8. The lowest BCUT2D eigenvalue weighted by molar-refractivity contribution is -0.385. The van der Waals surface area contributed by atoms with Crippen molar-refractivity contribution in [2.45, 2.75) is 26.0 Å². The Hall–Kier alpha value is -1.47. The second-order valence-corrected chi connectivity index (χ2v) is 5.61. The summed E-state index contributed by atoms with van der Waals surface area (Å²) in [7, 11) is 0. The molecule has 0 fully saturated rings. The number of fused-ring (bicyclic) bond motifs is 1. The fourth-order valence-corrected chi connectivity index (χ4v) is 2.18. The number of halogens is 1. The van der Waals surface area contributed by atoms with Gasteiger partial charge in [0.05, 0.1) is 27.1 Å². The van der Waals surface area contributed by atoms with Crippen molar-refractivity contribution in [3.8, 4) is 0 Å². The Labute approximate surface area is 111 Å². The van der Waals surface area contributed by atoms with Crippen molar-refractivity contribution in [2.24, 2.45) is 0 Å². The van der Waals surface area contributed by atoms with Gasteiger partial charge in [-0.1, -0.05) is 0 Å². The molecule has 96 valence electrons. The van der Waals surface area contributed by atoms with E-state index in [0.29, 0.717) is 21.9 Å². The van der Waals surface area contributed by atoms with E-state index >= 15 is 0 Å². The van der Waals surface area contributed by atoms with E-state index < -0.39 is 10.5 Å². The molecular weight excluding hydrogens is 302 g/mol. The van der Waals surface area contributed by atoms with Gasteiger partial charge in [0.2, 0.25) is 0 Å². The molecular formula is C11H12BrN3O3. The Kier molecular flexibility index (Phi) is 3.12. The second-order valence-electron chi connectivity index (χ2n) is 4.76. The number of aliphatic hydroxyl groups is 1. The Morgan fingerprint density at radius 3 is 2.78 bits per heavy atom. The number of benzene rings is 1. The average Bonchev–Trinajstić information content (AvgIpc) is 2.54. The zero-order valence-corrected chi connectivity index (χ0v) is 11.5. The molecule has 1 aromatic heterocycles. The molecule has 2 aromatic rings. The molecule has 0 radical (unpaired) electrons. The van der Waals surface area contributed by atoms with Crippen molar-refractivity contribution in [3.05, 3.63) is 32.9 Å². The predicted octanol–water partition coefficient (Wildman–Crippen LogP) is 2.48. The van der Waals surface area contributed by atoms with Crippen LogP contribution in [0.1, 0.15) is 13.8 Å².